The van der Waals surface area contributed by atoms with Crippen molar-refractivity contribution in [2.24, 2.45) is 0 Å². The maximum atomic E-state index is 12.2. The van der Waals surface area contributed by atoms with Gasteiger partial charge in [0.15, 0.2) is 0 Å². The van der Waals surface area contributed by atoms with Gasteiger partial charge in [-0.1, -0.05) is 77.4 Å². The molecule has 2 unspecified atom stereocenters. The summed E-state index contributed by atoms with van der Waals surface area (Å²) in [4.78, 5) is 25.2. The third-order valence-electron chi connectivity index (χ3n) is 5.64. The molecule has 0 aromatic carbocycles. The van der Waals surface area contributed by atoms with Gasteiger partial charge in [-0.2, -0.15) is 0 Å². The molecule has 30 heavy (non-hydrogen) atoms. The lowest BCUT2D eigenvalue weighted by Gasteiger charge is -2.29. The Labute approximate surface area is 185 Å². The molecule has 0 aromatic rings. The van der Waals surface area contributed by atoms with Crippen molar-refractivity contribution in [2.45, 2.75) is 122 Å². The van der Waals surface area contributed by atoms with Crippen LogP contribution in [0.15, 0.2) is 12.2 Å². The zero-order valence-corrected chi connectivity index (χ0v) is 20.1. The predicted octanol–water partition coefficient (Wildman–Crippen LogP) is 5.93. The van der Waals surface area contributed by atoms with E-state index in [1.54, 1.807) is 19.0 Å². The lowest BCUT2D eigenvalue weighted by molar-refractivity contribution is -0.143. The molecule has 2 atom stereocenters. The van der Waals surface area contributed by atoms with Crippen LogP contribution in [0.1, 0.15) is 110 Å². The average Bonchev–Trinajstić information content (AvgIpc) is 2.69. The summed E-state index contributed by atoms with van der Waals surface area (Å²) in [5, 5.41) is 12.3. The van der Waals surface area contributed by atoms with E-state index in [0.29, 0.717) is 12.8 Å². The second-order valence-corrected chi connectivity index (χ2v) is 8.66. The second-order valence-electron chi connectivity index (χ2n) is 8.66. The number of nitrogens with one attached hydrogen (secondary N) is 1. The molecule has 0 aliphatic carbocycles. The number of allylic oxidation sites excluding steroid dienone is 2. The molecule has 176 valence electrons. The molecule has 0 saturated heterocycles. The molecule has 0 radical (unpaired) electrons. The monoisotopic (exact) mass is 424 g/mol. The van der Waals surface area contributed by atoms with Gasteiger partial charge in [-0.3, -0.25) is 14.5 Å². The fraction of sp³-hybridized carbons (Fsp3) is 0.840. The van der Waals surface area contributed by atoms with Gasteiger partial charge in [-0.05, 0) is 52.6 Å². The van der Waals surface area contributed by atoms with Crippen LogP contribution in [0.4, 0.5) is 0 Å². The molecular weight excluding hydrogens is 376 g/mol. The molecule has 0 aliphatic rings. The van der Waals surface area contributed by atoms with Crippen LogP contribution in [-0.4, -0.2) is 48.1 Å². The molecule has 5 nitrogen and oxygen atoms in total. The van der Waals surface area contributed by atoms with Gasteiger partial charge < -0.3 is 10.4 Å². The molecule has 0 saturated carbocycles. The largest absolute Gasteiger partial charge is 0.480 e. The van der Waals surface area contributed by atoms with Crippen molar-refractivity contribution >= 4 is 11.9 Å². The maximum Gasteiger partial charge on any atom is 0.323 e. The number of carbonyl (C=O) groups is 2. The summed E-state index contributed by atoms with van der Waals surface area (Å²) in [5.74, 6) is -0.930. The summed E-state index contributed by atoms with van der Waals surface area (Å²) in [6.45, 7) is 4.17. The molecule has 0 spiro atoms. The number of unbranched alkanes of at least 4 members (excludes halogenated alkanes) is 11. The van der Waals surface area contributed by atoms with E-state index in [1.165, 1.54) is 57.8 Å². The van der Waals surface area contributed by atoms with E-state index in [2.05, 4.69) is 24.4 Å². The zero-order valence-electron chi connectivity index (χ0n) is 20.1. The molecule has 0 fully saturated rings. The summed E-state index contributed by atoms with van der Waals surface area (Å²) in [6.07, 6.45) is 21.8. The van der Waals surface area contributed by atoms with E-state index >= 15 is 0 Å². The van der Waals surface area contributed by atoms with E-state index in [0.717, 1.165) is 25.7 Å². The summed E-state index contributed by atoms with van der Waals surface area (Å²) in [6, 6.07) is -1.04. The highest BCUT2D eigenvalue weighted by Crippen LogP contribution is 2.11. The van der Waals surface area contributed by atoms with E-state index in [9.17, 15) is 14.7 Å². The molecule has 2 N–H and O–H groups in total. The highest BCUT2D eigenvalue weighted by atomic mass is 16.4. The van der Waals surface area contributed by atoms with Gasteiger partial charge in [0.25, 0.3) is 0 Å². The summed E-state index contributed by atoms with van der Waals surface area (Å²) in [5.41, 5.74) is 0. The van der Waals surface area contributed by atoms with Crippen molar-refractivity contribution in [3.63, 3.8) is 0 Å². The number of nitrogens with zero attached hydrogens (tertiary/aromatic N) is 1. The Hall–Kier alpha value is -1.36. The first-order chi connectivity index (χ1) is 14.4. The van der Waals surface area contributed by atoms with Gasteiger partial charge in [0.2, 0.25) is 5.91 Å². The van der Waals surface area contributed by atoms with Crippen molar-refractivity contribution in [3.8, 4) is 0 Å². The van der Waals surface area contributed by atoms with Crippen LogP contribution < -0.4 is 5.32 Å². The first-order valence-electron chi connectivity index (χ1n) is 12.3. The SMILES string of the molecule is CCCCCCCCC=CCCCCCCCC(=O)NC(CC)C(C(=O)O)N(C)C. The smallest absolute Gasteiger partial charge is 0.323 e. The van der Waals surface area contributed by atoms with E-state index in [4.69, 9.17) is 0 Å². The Morgan fingerprint density at radius 2 is 1.33 bits per heavy atom. The van der Waals surface area contributed by atoms with Crippen molar-refractivity contribution < 1.29 is 14.7 Å². The van der Waals surface area contributed by atoms with Crippen molar-refractivity contribution in [1.82, 2.24) is 10.2 Å². The zero-order chi connectivity index (χ0) is 22.6. The van der Waals surface area contributed by atoms with E-state index in [1.807, 2.05) is 6.92 Å². The van der Waals surface area contributed by atoms with Crippen molar-refractivity contribution in [3.05, 3.63) is 12.2 Å². The fourth-order valence-electron chi connectivity index (χ4n) is 3.79. The van der Waals surface area contributed by atoms with Crippen LogP contribution in [0.25, 0.3) is 0 Å². The Balaban J connectivity index is 3.68. The molecule has 0 rings (SSSR count). The predicted molar refractivity (Wildman–Crippen MR) is 127 cm³/mol. The number of hydrogen-bond donors (Lipinski definition) is 2. The first kappa shape index (κ1) is 28.6. The standard InChI is InChI=1S/C25H48N2O3/c1-5-7-8-9-10-11-12-13-14-15-16-17-18-19-20-21-23(28)26-22(6-2)24(25(29)30)27(3)4/h13-14,22,24H,5-12,15-21H2,1-4H3,(H,26,28)(H,29,30). The van der Waals surface area contributed by atoms with Crippen LogP contribution >= 0.6 is 0 Å². The van der Waals surface area contributed by atoms with Crippen LogP contribution in [0.5, 0.6) is 0 Å². The minimum absolute atomic E-state index is 0.0347. The van der Waals surface area contributed by atoms with Crippen LogP contribution in [0, 0.1) is 0 Å². The quantitative estimate of drug-likeness (QED) is 0.188. The van der Waals surface area contributed by atoms with Gasteiger partial charge in [0, 0.05) is 6.42 Å². The van der Waals surface area contributed by atoms with Crippen LogP contribution in [-0.2, 0) is 9.59 Å². The number of carboxylic acid groups (broad SMARTS) is 1. The molecular formula is C25H48N2O3. The molecule has 0 heterocycles. The van der Waals surface area contributed by atoms with Crippen molar-refractivity contribution in [1.29, 1.82) is 0 Å². The van der Waals surface area contributed by atoms with Crippen molar-refractivity contribution in [2.75, 3.05) is 14.1 Å². The number of likely N-dealkylation sites (N-methyl/N-ethyl adjacent to an activating group) is 1. The number of rotatable bonds is 20. The second kappa shape index (κ2) is 19.6. The Kier molecular flexibility index (Phi) is 18.7. The lowest BCUT2D eigenvalue weighted by Crippen LogP contribution is -2.53. The van der Waals surface area contributed by atoms with Gasteiger partial charge in [0.1, 0.15) is 6.04 Å². The summed E-state index contributed by atoms with van der Waals surface area (Å²) < 4.78 is 0. The van der Waals surface area contributed by atoms with E-state index in [-0.39, 0.29) is 11.9 Å². The molecule has 0 bridgehead atoms. The van der Waals surface area contributed by atoms with Gasteiger partial charge in [0.05, 0.1) is 6.04 Å². The molecule has 1 amide bonds. The summed E-state index contributed by atoms with van der Waals surface area (Å²) >= 11 is 0. The normalized spacial score (nSPS) is 13.6. The van der Waals surface area contributed by atoms with Crippen LogP contribution in [0.3, 0.4) is 0 Å². The minimum atomic E-state index is -0.895. The Bertz CT molecular complexity index is 463. The molecule has 5 heteroatoms. The Morgan fingerprint density at radius 1 is 0.833 bits per heavy atom. The highest BCUT2D eigenvalue weighted by Gasteiger charge is 2.29. The first-order valence-corrected chi connectivity index (χ1v) is 12.3. The fourth-order valence-corrected chi connectivity index (χ4v) is 3.79. The third kappa shape index (κ3) is 15.5. The van der Waals surface area contributed by atoms with E-state index < -0.39 is 12.0 Å². The highest BCUT2D eigenvalue weighted by molar-refractivity contribution is 5.79. The summed E-state index contributed by atoms with van der Waals surface area (Å²) in [7, 11) is 3.47. The van der Waals surface area contributed by atoms with Gasteiger partial charge in [-0.25, -0.2) is 0 Å². The number of carboxylic acids is 1. The third-order valence-corrected chi connectivity index (χ3v) is 5.64. The topological polar surface area (TPSA) is 69.6 Å². The average molecular weight is 425 g/mol. The number of carbonyl (C=O) groups excluding carboxylic acids is 1. The maximum absolute atomic E-state index is 12.2. The number of hydrogen-bond acceptors (Lipinski definition) is 3. The molecule has 0 aliphatic heterocycles. The van der Waals surface area contributed by atoms with Crippen LogP contribution in [0.2, 0.25) is 0 Å². The number of aliphatic carboxylic acids is 1. The lowest BCUT2D eigenvalue weighted by atomic mass is 10.0. The van der Waals surface area contributed by atoms with Gasteiger partial charge in [-0.15, -0.1) is 0 Å². The minimum Gasteiger partial charge on any atom is -0.480 e. The van der Waals surface area contributed by atoms with Gasteiger partial charge >= 0.3 is 5.97 Å². The molecule has 0 aromatic heterocycles. The Morgan fingerprint density at radius 3 is 1.80 bits per heavy atom. The number of amides is 1.